The Morgan fingerprint density at radius 3 is 2.53 bits per heavy atom. The van der Waals surface area contributed by atoms with Crippen molar-refractivity contribution >= 4 is 23.1 Å². The summed E-state index contributed by atoms with van der Waals surface area (Å²) in [5.41, 5.74) is 8.26. The molecule has 0 unspecified atom stereocenters. The van der Waals surface area contributed by atoms with Gasteiger partial charge in [-0.2, -0.15) is 0 Å². The Labute approximate surface area is 111 Å². The van der Waals surface area contributed by atoms with Gasteiger partial charge in [0.1, 0.15) is 5.82 Å². The highest BCUT2D eigenvalue weighted by Gasteiger charge is 2.02. The van der Waals surface area contributed by atoms with Gasteiger partial charge in [-0.25, -0.2) is 4.98 Å². The first-order valence-electron chi connectivity index (χ1n) is 5.97. The van der Waals surface area contributed by atoms with Crippen LogP contribution in [-0.2, 0) is 11.3 Å². The van der Waals surface area contributed by atoms with Crippen molar-refractivity contribution in [3.63, 3.8) is 0 Å². The molecule has 1 aromatic heterocycles. The summed E-state index contributed by atoms with van der Waals surface area (Å²) in [7, 11) is 0. The molecule has 1 aromatic carbocycles. The van der Waals surface area contributed by atoms with Gasteiger partial charge in [-0.3, -0.25) is 4.79 Å². The quantitative estimate of drug-likeness (QED) is 0.783. The molecule has 1 amide bonds. The molecule has 1 heterocycles. The summed E-state index contributed by atoms with van der Waals surface area (Å²) in [6.07, 6.45) is 1.72. The van der Waals surface area contributed by atoms with E-state index in [9.17, 15) is 4.79 Å². The summed E-state index contributed by atoms with van der Waals surface area (Å²) in [5, 5.41) is 5.92. The number of hydrogen-bond acceptors (Lipinski definition) is 4. The van der Waals surface area contributed by atoms with E-state index in [0.717, 1.165) is 22.8 Å². The summed E-state index contributed by atoms with van der Waals surface area (Å²) in [6.45, 7) is 1.91. The summed E-state index contributed by atoms with van der Waals surface area (Å²) in [6, 6.07) is 11.2. The number of anilines is 3. The minimum Gasteiger partial charge on any atom is -0.340 e. The number of pyridine rings is 1. The summed E-state index contributed by atoms with van der Waals surface area (Å²) >= 11 is 0. The zero-order chi connectivity index (χ0) is 13.7. The molecular weight excluding hydrogens is 240 g/mol. The predicted octanol–water partition coefficient (Wildman–Crippen LogP) is 2.24. The van der Waals surface area contributed by atoms with E-state index in [1.165, 1.54) is 6.92 Å². The van der Waals surface area contributed by atoms with Gasteiger partial charge >= 0.3 is 0 Å². The largest absolute Gasteiger partial charge is 0.340 e. The fraction of sp³-hybridized carbons (Fsp3) is 0.143. The van der Waals surface area contributed by atoms with Crippen molar-refractivity contribution < 1.29 is 4.79 Å². The lowest BCUT2D eigenvalue weighted by molar-refractivity contribution is -0.114. The zero-order valence-electron chi connectivity index (χ0n) is 10.7. The topological polar surface area (TPSA) is 80.0 Å². The molecule has 5 nitrogen and oxygen atoms in total. The molecule has 0 bridgehead atoms. The second-order valence-corrected chi connectivity index (χ2v) is 4.10. The van der Waals surface area contributed by atoms with Crippen molar-refractivity contribution in [2.45, 2.75) is 13.5 Å². The first kappa shape index (κ1) is 13.0. The van der Waals surface area contributed by atoms with Crippen LogP contribution in [0.15, 0.2) is 42.6 Å². The van der Waals surface area contributed by atoms with Crippen LogP contribution in [0.5, 0.6) is 0 Å². The number of carbonyl (C=O) groups excluding carboxylic acids is 1. The lowest BCUT2D eigenvalue weighted by atomic mass is 10.2. The molecule has 0 spiro atoms. The molecule has 0 fully saturated rings. The third-order valence-corrected chi connectivity index (χ3v) is 2.58. The van der Waals surface area contributed by atoms with E-state index in [0.29, 0.717) is 6.54 Å². The number of carbonyl (C=O) groups is 1. The van der Waals surface area contributed by atoms with Gasteiger partial charge in [-0.1, -0.05) is 6.07 Å². The van der Waals surface area contributed by atoms with Gasteiger partial charge in [0.05, 0.1) is 0 Å². The number of benzene rings is 1. The molecule has 19 heavy (non-hydrogen) atoms. The molecule has 0 aliphatic rings. The van der Waals surface area contributed by atoms with Crippen molar-refractivity contribution in [3.8, 4) is 0 Å². The van der Waals surface area contributed by atoms with Gasteiger partial charge in [0.25, 0.3) is 0 Å². The van der Waals surface area contributed by atoms with Crippen molar-refractivity contribution in [3.05, 3.63) is 48.2 Å². The Kier molecular flexibility index (Phi) is 4.10. The predicted molar refractivity (Wildman–Crippen MR) is 76.2 cm³/mol. The van der Waals surface area contributed by atoms with Gasteiger partial charge < -0.3 is 16.4 Å². The maximum atomic E-state index is 10.9. The van der Waals surface area contributed by atoms with Crippen molar-refractivity contribution in [2.75, 3.05) is 10.6 Å². The average Bonchev–Trinajstić information content (AvgIpc) is 2.41. The summed E-state index contributed by atoms with van der Waals surface area (Å²) in [5.74, 6) is 0.660. The van der Waals surface area contributed by atoms with Gasteiger partial charge in [-0.05, 0) is 30.3 Å². The molecule has 2 aromatic rings. The monoisotopic (exact) mass is 256 g/mol. The molecule has 0 saturated carbocycles. The van der Waals surface area contributed by atoms with Gasteiger partial charge in [0.2, 0.25) is 5.91 Å². The lowest BCUT2D eigenvalue weighted by Crippen LogP contribution is -2.06. The fourth-order valence-electron chi connectivity index (χ4n) is 1.69. The average molecular weight is 256 g/mol. The van der Waals surface area contributed by atoms with E-state index >= 15 is 0 Å². The molecule has 4 N–H and O–H groups in total. The molecule has 0 radical (unpaired) electrons. The SMILES string of the molecule is CC(=O)Nc1ccc(Nc2ncccc2CN)cc1. The maximum absolute atomic E-state index is 10.9. The molecule has 0 saturated heterocycles. The molecule has 0 aliphatic heterocycles. The third-order valence-electron chi connectivity index (χ3n) is 2.58. The first-order chi connectivity index (χ1) is 9.19. The Morgan fingerprint density at radius 1 is 1.21 bits per heavy atom. The second kappa shape index (κ2) is 5.97. The van der Waals surface area contributed by atoms with E-state index in [1.54, 1.807) is 6.20 Å². The number of hydrogen-bond donors (Lipinski definition) is 3. The van der Waals surface area contributed by atoms with Crippen LogP contribution in [0, 0.1) is 0 Å². The van der Waals surface area contributed by atoms with Gasteiger partial charge in [-0.15, -0.1) is 0 Å². The maximum Gasteiger partial charge on any atom is 0.221 e. The second-order valence-electron chi connectivity index (χ2n) is 4.10. The molecule has 0 aliphatic carbocycles. The van der Waals surface area contributed by atoms with Crippen LogP contribution >= 0.6 is 0 Å². The lowest BCUT2D eigenvalue weighted by Gasteiger charge is -2.10. The van der Waals surface area contributed by atoms with Crippen LogP contribution in [0.4, 0.5) is 17.2 Å². The highest BCUT2D eigenvalue weighted by atomic mass is 16.1. The van der Waals surface area contributed by atoms with Crippen molar-refractivity contribution in [2.24, 2.45) is 5.73 Å². The van der Waals surface area contributed by atoms with Crippen LogP contribution in [0.25, 0.3) is 0 Å². The van der Waals surface area contributed by atoms with Crippen LogP contribution in [-0.4, -0.2) is 10.9 Å². The number of aromatic nitrogens is 1. The minimum atomic E-state index is -0.0872. The zero-order valence-corrected chi connectivity index (χ0v) is 10.7. The molecule has 0 atom stereocenters. The minimum absolute atomic E-state index is 0.0872. The molecular formula is C14H16N4O. The fourth-order valence-corrected chi connectivity index (χ4v) is 1.69. The highest BCUT2D eigenvalue weighted by molar-refractivity contribution is 5.88. The normalized spacial score (nSPS) is 10.0. The van der Waals surface area contributed by atoms with Crippen LogP contribution in [0.3, 0.4) is 0 Å². The molecule has 2 rings (SSSR count). The van der Waals surface area contributed by atoms with Gasteiger partial charge in [0, 0.05) is 36.6 Å². The number of rotatable bonds is 4. The van der Waals surface area contributed by atoms with E-state index < -0.39 is 0 Å². The molecule has 5 heteroatoms. The Morgan fingerprint density at radius 2 is 1.89 bits per heavy atom. The Hall–Kier alpha value is -2.40. The van der Waals surface area contributed by atoms with Gasteiger partial charge in [0.15, 0.2) is 0 Å². The van der Waals surface area contributed by atoms with Crippen LogP contribution in [0.1, 0.15) is 12.5 Å². The van der Waals surface area contributed by atoms with Crippen LogP contribution < -0.4 is 16.4 Å². The third kappa shape index (κ3) is 3.53. The van der Waals surface area contributed by atoms with Crippen molar-refractivity contribution in [1.82, 2.24) is 4.98 Å². The van der Waals surface area contributed by atoms with Crippen molar-refractivity contribution in [1.29, 1.82) is 0 Å². The van der Waals surface area contributed by atoms with Crippen LogP contribution in [0.2, 0.25) is 0 Å². The number of nitrogens with zero attached hydrogens (tertiary/aromatic N) is 1. The Bertz CT molecular complexity index is 566. The standard InChI is InChI=1S/C14H16N4O/c1-10(19)17-12-4-6-13(7-5-12)18-14-11(9-15)3-2-8-16-14/h2-8H,9,15H2,1H3,(H,16,18)(H,17,19). The summed E-state index contributed by atoms with van der Waals surface area (Å²) < 4.78 is 0. The smallest absolute Gasteiger partial charge is 0.221 e. The summed E-state index contributed by atoms with van der Waals surface area (Å²) in [4.78, 5) is 15.2. The van der Waals surface area contributed by atoms with E-state index in [-0.39, 0.29) is 5.91 Å². The number of amides is 1. The van der Waals surface area contributed by atoms with E-state index in [2.05, 4.69) is 15.6 Å². The first-order valence-corrected chi connectivity index (χ1v) is 5.97. The Balaban J connectivity index is 2.13. The molecule has 98 valence electrons. The number of nitrogens with one attached hydrogen (secondary N) is 2. The number of nitrogens with two attached hydrogens (primary N) is 1. The highest BCUT2D eigenvalue weighted by Crippen LogP contribution is 2.19. The van der Waals surface area contributed by atoms with E-state index in [4.69, 9.17) is 5.73 Å². The van der Waals surface area contributed by atoms with E-state index in [1.807, 2.05) is 36.4 Å².